The van der Waals surface area contributed by atoms with Crippen LogP contribution in [0.2, 0.25) is 0 Å². The quantitative estimate of drug-likeness (QED) is 0.616. The molecule has 1 amide bonds. The van der Waals surface area contributed by atoms with E-state index in [-0.39, 0.29) is 5.91 Å². The molecule has 1 atom stereocenters. The lowest BCUT2D eigenvalue weighted by Crippen LogP contribution is -2.22. The third kappa shape index (κ3) is 3.96. The van der Waals surface area contributed by atoms with E-state index in [0.29, 0.717) is 30.0 Å². The fourth-order valence-corrected chi connectivity index (χ4v) is 2.62. The number of carbonyl (C=O) groups is 1. The first-order chi connectivity index (χ1) is 10.1. The molecular weight excluding hydrogens is 286 g/mol. The van der Waals surface area contributed by atoms with Crippen molar-refractivity contribution in [2.45, 2.75) is 13.0 Å². The van der Waals surface area contributed by atoms with Gasteiger partial charge in [0, 0.05) is 18.7 Å². The lowest BCUT2D eigenvalue weighted by Gasteiger charge is -2.14. The van der Waals surface area contributed by atoms with Gasteiger partial charge in [-0.25, -0.2) is 0 Å². The zero-order chi connectivity index (χ0) is 15.2. The number of hydrogen-bond acceptors (Lipinski definition) is 5. The number of aliphatic hydroxyl groups is 1. The summed E-state index contributed by atoms with van der Waals surface area (Å²) in [5.74, 6) is -0.144. The van der Waals surface area contributed by atoms with E-state index in [1.807, 2.05) is 23.8 Å². The summed E-state index contributed by atoms with van der Waals surface area (Å²) in [6.07, 6.45) is -0.585. The highest BCUT2D eigenvalue weighted by molar-refractivity contribution is 7.07. The lowest BCUT2D eigenvalue weighted by molar-refractivity contribution is 0.0956. The van der Waals surface area contributed by atoms with Crippen molar-refractivity contribution in [2.75, 3.05) is 24.1 Å². The Bertz CT molecular complexity index is 599. The van der Waals surface area contributed by atoms with Crippen molar-refractivity contribution in [1.82, 2.24) is 5.32 Å². The van der Waals surface area contributed by atoms with Crippen LogP contribution >= 0.6 is 11.3 Å². The second-order valence-corrected chi connectivity index (χ2v) is 5.39. The third-order valence-electron chi connectivity index (χ3n) is 3.06. The second kappa shape index (κ2) is 7.10. The van der Waals surface area contributed by atoms with Crippen molar-refractivity contribution in [3.05, 3.63) is 46.2 Å². The van der Waals surface area contributed by atoms with E-state index in [1.165, 1.54) is 0 Å². The molecule has 2 rings (SSSR count). The fraction of sp³-hybridized carbons (Fsp3) is 0.267. The molecule has 5 N–H and O–H groups in total. The molecular formula is C15H19N3O2S. The molecule has 0 bridgehead atoms. The summed E-state index contributed by atoms with van der Waals surface area (Å²) in [5.41, 5.74) is 8.53. The molecule has 0 saturated heterocycles. The molecule has 0 aliphatic carbocycles. The highest BCUT2D eigenvalue weighted by Crippen LogP contribution is 2.22. The van der Waals surface area contributed by atoms with Crippen LogP contribution in [0.1, 0.15) is 28.9 Å². The molecule has 0 aliphatic heterocycles. The van der Waals surface area contributed by atoms with Gasteiger partial charge in [-0.05, 0) is 47.5 Å². The summed E-state index contributed by atoms with van der Waals surface area (Å²) in [7, 11) is 0. The maximum atomic E-state index is 11.7. The van der Waals surface area contributed by atoms with Crippen LogP contribution in [-0.4, -0.2) is 24.1 Å². The minimum absolute atomic E-state index is 0.144. The second-order valence-electron chi connectivity index (χ2n) is 4.61. The first kappa shape index (κ1) is 15.3. The van der Waals surface area contributed by atoms with Crippen LogP contribution in [0.5, 0.6) is 0 Å². The van der Waals surface area contributed by atoms with Crippen molar-refractivity contribution in [2.24, 2.45) is 0 Å². The molecule has 0 radical (unpaired) electrons. The van der Waals surface area contributed by atoms with Crippen molar-refractivity contribution in [3.63, 3.8) is 0 Å². The van der Waals surface area contributed by atoms with E-state index in [9.17, 15) is 9.90 Å². The van der Waals surface area contributed by atoms with E-state index in [1.54, 1.807) is 29.5 Å². The average molecular weight is 305 g/mol. The molecule has 0 aliphatic rings. The van der Waals surface area contributed by atoms with Gasteiger partial charge in [0.1, 0.15) is 0 Å². The summed E-state index contributed by atoms with van der Waals surface area (Å²) in [6.45, 7) is 2.80. The maximum Gasteiger partial charge on any atom is 0.251 e. The van der Waals surface area contributed by atoms with Crippen LogP contribution in [0.25, 0.3) is 0 Å². The number of anilines is 2. The first-order valence-corrected chi connectivity index (χ1v) is 7.68. The average Bonchev–Trinajstić information content (AvgIpc) is 3.00. The number of nitrogen functional groups attached to an aromatic ring is 1. The number of rotatable bonds is 6. The monoisotopic (exact) mass is 305 g/mol. The lowest BCUT2D eigenvalue weighted by atomic mass is 10.1. The van der Waals surface area contributed by atoms with Crippen molar-refractivity contribution >= 4 is 28.6 Å². The Balaban J connectivity index is 1.99. The van der Waals surface area contributed by atoms with Gasteiger partial charge in [0.15, 0.2) is 0 Å². The summed E-state index contributed by atoms with van der Waals surface area (Å²) >= 11 is 1.55. The van der Waals surface area contributed by atoms with E-state index < -0.39 is 6.10 Å². The molecule has 0 spiro atoms. The largest absolute Gasteiger partial charge is 0.397 e. The highest BCUT2D eigenvalue weighted by Gasteiger charge is 2.10. The molecule has 1 aromatic heterocycles. The fourth-order valence-electron chi connectivity index (χ4n) is 1.92. The van der Waals surface area contributed by atoms with E-state index >= 15 is 0 Å². The van der Waals surface area contributed by atoms with Gasteiger partial charge >= 0.3 is 0 Å². The molecule has 21 heavy (non-hydrogen) atoms. The van der Waals surface area contributed by atoms with Gasteiger partial charge in [-0.3, -0.25) is 4.79 Å². The molecule has 1 aromatic carbocycles. The zero-order valence-electron chi connectivity index (χ0n) is 11.8. The number of carbonyl (C=O) groups excluding carboxylic acids is 1. The molecule has 2 aromatic rings. The van der Waals surface area contributed by atoms with Crippen molar-refractivity contribution < 1.29 is 9.90 Å². The molecule has 112 valence electrons. The van der Waals surface area contributed by atoms with E-state index in [0.717, 1.165) is 5.56 Å². The number of nitrogens with two attached hydrogens (primary N) is 1. The number of nitrogens with one attached hydrogen (secondary N) is 2. The normalized spacial score (nSPS) is 11.9. The van der Waals surface area contributed by atoms with Gasteiger partial charge in [-0.1, -0.05) is 0 Å². The van der Waals surface area contributed by atoms with Gasteiger partial charge < -0.3 is 21.5 Å². The minimum atomic E-state index is -0.585. The van der Waals surface area contributed by atoms with E-state index in [4.69, 9.17) is 5.73 Å². The topological polar surface area (TPSA) is 87.4 Å². The first-order valence-electron chi connectivity index (χ1n) is 6.73. The summed E-state index contributed by atoms with van der Waals surface area (Å²) in [5, 5.41) is 19.7. The number of benzene rings is 1. The Kier molecular flexibility index (Phi) is 5.19. The van der Waals surface area contributed by atoms with Crippen LogP contribution < -0.4 is 16.4 Å². The number of aliphatic hydroxyl groups excluding tert-OH is 1. The zero-order valence-corrected chi connectivity index (χ0v) is 12.6. The van der Waals surface area contributed by atoms with Crippen LogP contribution in [0.15, 0.2) is 35.0 Å². The Morgan fingerprint density at radius 1 is 1.43 bits per heavy atom. The maximum absolute atomic E-state index is 11.7. The number of thiophene rings is 1. The molecule has 5 nitrogen and oxygen atoms in total. The van der Waals surface area contributed by atoms with Gasteiger partial charge in [0.25, 0.3) is 5.91 Å². The molecule has 1 heterocycles. The van der Waals surface area contributed by atoms with Crippen molar-refractivity contribution in [1.29, 1.82) is 0 Å². The Morgan fingerprint density at radius 3 is 2.86 bits per heavy atom. The van der Waals surface area contributed by atoms with Crippen LogP contribution in [0, 0.1) is 0 Å². The van der Waals surface area contributed by atoms with Gasteiger partial charge in [0.2, 0.25) is 0 Å². The molecule has 6 heteroatoms. The van der Waals surface area contributed by atoms with Crippen LogP contribution in [0.4, 0.5) is 11.4 Å². The van der Waals surface area contributed by atoms with Gasteiger partial charge in [0.05, 0.1) is 17.5 Å². The van der Waals surface area contributed by atoms with E-state index in [2.05, 4.69) is 10.6 Å². The molecule has 1 unspecified atom stereocenters. The highest BCUT2D eigenvalue weighted by atomic mass is 32.1. The smallest absolute Gasteiger partial charge is 0.251 e. The molecule has 0 saturated carbocycles. The van der Waals surface area contributed by atoms with Crippen LogP contribution in [0.3, 0.4) is 0 Å². The van der Waals surface area contributed by atoms with Crippen molar-refractivity contribution in [3.8, 4) is 0 Å². The van der Waals surface area contributed by atoms with Gasteiger partial charge in [-0.2, -0.15) is 11.3 Å². The van der Waals surface area contributed by atoms with Gasteiger partial charge in [-0.15, -0.1) is 0 Å². The van der Waals surface area contributed by atoms with Crippen LogP contribution in [-0.2, 0) is 0 Å². The summed E-state index contributed by atoms with van der Waals surface area (Å²) in [4.78, 5) is 11.7. The minimum Gasteiger partial charge on any atom is -0.397 e. The summed E-state index contributed by atoms with van der Waals surface area (Å²) < 4.78 is 0. The molecule has 0 fully saturated rings. The third-order valence-corrected chi connectivity index (χ3v) is 3.77. The summed E-state index contributed by atoms with van der Waals surface area (Å²) in [6, 6.07) is 6.98. The predicted molar refractivity (Wildman–Crippen MR) is 86.6 cm³/mol. The standard InChI is InChI=1S/C15H19N3O2S/c1-2-17-15(20)10-3-4-13(12(16)7-10)18-8-14(19)11-5-6-21-9-11/h3-7,9,14,18-19H,2,8,16H2,1H3,(H,17,20). The number of hydrogen-bond donors (Lipinski definition) is 4. The Morgan fingerprint density at radius 2 is 2.24 bits per heavy atom. The Hall–Kier alpha value is -2.05. The Labute approximate surface area is 127 Å². The SMILES string of the molecule is CCNC(=O)c1ccc(NCC(O)c2ccsc2)c(N)c1. The predicted octanol–water partition coefficient (Wildman–Crippen LogP) is 2.23. The number of amides is 1.